The van der Waals surface area contributed by atoms with Gasteiger partial charge in [0.25, 0.3) is 0 Å². The van der Waals surface area contributed by atoms with Gasteiger partial charge in [-0.3, -0.25) is 4.90 Å². The predicted molar refractivity (Wildman–Crippen MR) is 113 cm³/mol. The summed E-state index contributed by atoms with van der Waals surface area (Å²) in [5.74, 6) is -0.224. The van der Waals surface area contributed by atoms with E-state index >= 15 is 0 Å². The fourth-order valence-electron chi connectivity index (χ4n) is 3.42. The zero-order valence-electron chi connectivity index (χ0n) is 15.9. The van der Waals surface area contributed by atoms with Crippen LogP contribution >= 0.6 is 12.2 Å². The number of hydrogen-bond donors (Lipinski definition) is 1. The lowest BCUT2D eigenvalue weighted by Gasteiger charge is -2.37. The van der Waals surface area contributed by atoms with Gasteiger partial charge < -0.3 is 10.2 Å². The van der Waals surface area contributed by atoms with E-state index in [1.807, 2.05) is 30.3 Å². The second kappa shape index (κ2) is 10.2. The first-order chi connectivity index (χ1) is 13.7. The molecule has 1 unspecified atom stereocenters. The van der Waals surface area contributed by atoms with Crippen molar-refractivity contribution < 1.29 is 4.39 Å². The molecule has 0 radical (unpaired) electrons. The van der Waals surface area contributed by atoms with Crippen molar-refractivity contribution in [2.45, 2.75) is 18.9 Å². The Morgan fingerprint density at radius 1 is 1.07 bits per heavy atom. The Bertz CT molecular complexity index is 796. The fraction of sp³-hybridized carbons (Fsp3) is 0.364. The molecule has 1 saturated heterocycles. The standard InChI is InChI=1S/C22H25FN4S/c23-20-9-7-18(8-10-20)17-21(19-5-2-1-3-6-19)25-22(28)27-15-13-26(14-16-27)12-4-11-24/h1-3,5-10,21H,4,12-17H2,(H,25,28). The Hall–Kier alpha value is -2.49. The van der Waals surface area contributed by atoms with E-state index < -0.39 is 0 Å². The molecule has 1 heterocycles. The van der Waals surface area contributed by atoms with Crippen LogP contribution in [0.5, 0.6) is 0 Å². The number of piperazine rings is 1. The molecule has 0 amide bonds. The average molecular weight is 397 g/mol. The summed E-state index contributed by atoms with van der Waals surface area (Å²) in [5, 5.41) is 13.0. The summed E-state index contributed by atoms with van der Waals surface area (Å²) < 4.78 is 13.2. The molecule has 2 aromatic carbocycles. The minimum absolute atomic E-state index is 0.0239. The first-order valence-electron chi connectivity index (χ1n) is 9.60. The van der Waals surface area contributed by atoms with Gasteiger partial charge in [0.1, 0.15) is 5.82 Å². The van der Waals surface area contributed by atoms with Crippen LogP contribution in [0.25, 0.3) is 0 Å². The SMILES string of the molecule is N#CCCN1CCN(C(=S)NC(Cc2ccc(F)cc2)c2ccccc2)CC1. The first kappa shape index (κ1) is 20.2. The number of rotatable bonds is 6. The molecule has 4 nitrogen and oxygen atoms in total. The molecule has 28 heavy (non-hydrogen) atoms. The van der Waals surface area contributed by atoms with E-state index in [0.717, 1.165) is 55.4 Å². The molecule has 6 heteroatoms. The lowest BCUT2D eigenvalue weighted by atomic mass is 9.99. The molecule has 0 aromatic heterocycles. The molecule has 0 bridgehead atoms. The molecule has 1 aliphatic rings. The number of nitrogens with zero attached hydrogens (tertiary/aromatic N) is 3. The van der Waals surface area contributed by atoms with Crippen LogP contribution in [0, 0.1) is 17.1 Å². The second-order valence-corrected chi connectivity index (χ2v) is 7.37. The molecule has 0 spiro atoms. The number of benzene rings is 2. The van der Waals surface area contributed by atoms with Crippen molar-refractivity contribution in [3.63, 3.8) is 0 Å². The maximum atomic E-state index is 13.2. The summed E-state index contributed by atoms with van der Waals surface area (Å²) in [7, 11) is 0. The van der Waals surface area contributed by atoms with Crippen molar-refractivity contribution >= 4 is 17.3 Å². The van der Waals surface area contributed by atoms with Crippen LogP contribution in [-0.4, -0.2) is 47.6 Å². The van der Waals surface area contributed by atoms with Crippen LogP contribution < -0.4 is 5.32 Å². The average Bonchev–Trinajstić information content (AvgIpc) is 2.74. The third-order valence-corrected chi connectivity index (χ3v) is 5.43. The van der Waals surface area contributed by atoms with Gasteiger partial charge in [-0.15, -0.1) is 0 Å². The van der Waals surface area contributed by atoms with Gasteiger partial charge in [-0.05, 0) is 41.9 Å². The third kappa shape index (κ3) is 5.75. The minimum Gasteiger partial charge on any atom is -0.355 e. The quantitative estimate of drug-likeness (QED) is 0.757. The predicted octanol–water partition coefficient (Wildman–Crippen LogP) is 3.52. The Kier molecular flexibility index (Phi) is 7.35. The van der Waals surface area contributed by atoms with Crippen LogP contribution in [-0.2, 0) is 6.42 Å². The van der Waals surface area contributed by atoms with E-state index in [1.54, 1.807) is 0 Å². The molecule has 1 atom stereocenters. The van der Waals surface area contributed by atoms with Gasteiger partial charge in [0, 0.05) is 39.1 Å². The molecule has 146 valence electrons. The van der Waals surface area contributed by atoms with Crippen LogP contribution in [0.3, 0.4) is 0 Å². The molecule has 3 rings (SSSR count). The first-order valence-corrected chi connectivity index (χ1v) is 10.0. The maximum Gasteiger partial charge on any atom is 0.169 e. The van der Waals surface area contributed by atoms with Crippen LogP contribution in [0.1, 0.15) is 23.6 Å². The van der Waals surface area contributed by atoms with Gasteiger partial charge >= 0.3 is 0 Å². The van der Waals surface area contributed by atoms with Gasteiger partial charge in [0.05, 0.1) is 12.1 Å². The summed E-state index contributed by atoms with van der Waals surface area (Å²) in [5.41, 5.74) is 2.22. The smallest absolute Gasteiger partial charge is 0.169 e. The highest BCUT2D eigenvalue weighted by Crippen LogP contribution is 2.19. The number of halogens is 1. The molecule has 2 aromatic rings. The van der Waals surface area contributed by atoms with E-state index in [0.29, 0.717) is 6.42 Å². The van der Waals surface area contributed by atoms with Crippen molar-refractivity contribution in [1.82, 2.24) is 15.1 Å². The normalized spacial score (nSPS) is 15.6. The van der Waals surface area contributed by atoms with Gasteiger partial charge in [-0.1, -0.05) is 42.5 Å². The molecule has 1 N–H and O–H groups in total. The summed E-state index contributed by atoms with van der Waals surface area (Å²) in [6, 6.07) is 19.1. The zero-order chi connectivity index (χ0) is 19.8. The van der Waals surface area contributed by atoms with Crippen LogP contribution in [0.15, 0.2) is 54.6 Å². The van der Waals surface area contributed by atoms with Crippen molar-refractivity contribution in [2.75, 3.05) is 32.7 Å². The summed E-state index contributed by atoms with van der Waals surface area (Å²) in [6.45, 7) is 4.36. The number of nitriles is 1. The summed E-state index contributed by atoms with van der Waals surface area (Å²) >= 11 is 5.70. The molecular weight excluding hydrogens is 371 g/mol. The van der Waals surface area contributed by atoms with E-state index in [1.165, 1.54) is 12.1 Å². The summed E-state index contributed by atoms with van der Waals surface area (Å²) in [4.78, 5) is 4.49. The lowest BCUT2D eigenvalue weighted by molar-refractivity contribution is 0.183. The van der Waals surface area contributed by atoms with Gasteiger partial charge in [0.15, 0.2) is 5.11 Å². The van der Waals surface area contributed by atoms with Crippen molar-refractivity contribution in [3.05, 3.63) is 71.5 Å². The zero-order valence-corrected chi connectivity index (χ0v) is 16.7. The minimum atomic E-state index is -0.224. The molecule has 1 aliphatic heterocycles. The lowest BCUT2D eigenvalue weighted by Crippen LogP contribution is -2.52. The number of thiocarbonyl (C=S) groups is 1. The monoisotopic (exact) mass is 396 g/mol. The van der Waals surface area contributed by atoms with E-state index in [2.05, 4.69) is 33.3 Å². The fourth-order valence-corrected chi connectivity index (χ4v) is 3.74. The number of nitrogens with one attached hydrogen (secondary N) is 1. The van der Waals surface area contributed by atoms with Crippen molar-refractivity contribution in [1.29, 1.82) is 5.26 Å². The number of hydrogen-bond acceptors (Lipinski definition) is 3. The topological polar surface area (TPSA) is 42.3 Å². The molecule has 0 aliphatic carbocycles. The molecule has 1 fully saturated rings. The van der Waals surface area contributed by atoms with Crippen molar-refractivity contribution in [3.8, 4) is 6.07 Å². The Morgan fingerprint density at radius 3 is 2.39 bits per heavy atom. The van der Waals surface area contributed by atoms with Gasteiger partial charge in [0.2, 0.25) is 0 Å². The van der Waals surface area contributed by atoms with E-state index in [4.69, 9.17) is 17.5 Å². The van der Waals surface area contributed by atoms with Gasteiger partial charge in [-0.25, -0.2) is 4.39 Å². The highest BCUT2D eigenvalue weighted by atomic mass is 32.1. The Labute approximate surface area is 171 Å². The third-order valence-electron chi connectivity index (χ3n) is 5.05. The molecular formula is C22H25FN4S. The summed E-state index contributed by atoms with van der Waals surface area (Å²) in [6.07, 6.45) is 1.29. The van der Waals surface area contributed by atoms with Gasteiger partial charge in [-0.2, -0.15) is 5.26 Å². The Morgan fingerprint density at radius 2 is 1.75 bits per heavy atom. The van der Waals surface area contributed by atoms with E-state index in [-0.39, 0.29) is 11.9 Å². The Balaban J connectivity index is 1.63. The maximum absolute atomic E-state index is 13.2. The highest BCUT2D eigenvalue weighted by molar-refractivity contribution is 7.80. The van der Waals surface area contributed by atoms with E-state index in [9.17, 15) is 4.39 Å². The highest BCUT2D eigenvalue weighted by Gasteiger charge is 2.21. The van der Waals surface area contributed by atoms with Crippen molar-refractivity contribution in [2.24, 2.45) is 0 Å². The largest absolute Gasteiger partial charge is 0.355 e. The second-order valence-electron chi connectivity index (χ2n) is 6.98. The molecule has 0 saturated carbocycles. The van der Waals surface area contributed by atoms with Crippen LogP contribution in [0.4, 0.5) is 4.39 Å². The van der Waals surface area contributed by atoms with Crippen LogP contribution in [0.2, 0.25) is 0 Å².